The lowest BCUT2D eigenvalue weighted by molar-refractivity contribution is -0.133. The van der Waals surface area contributed by atoms with E-state index in [4.69, 9.17) is 10.4 Å². The number of rotatable bonds is 3. The van der Waals surface area contributed by atoms with Gasteiger partial charge in [-0.1, -0.05) is 0 Å². The largest absolute Gasteiger partial charge is 0.396 e. The average Bonchev–Trinajstić information content (AvgIpc) is 2.44. The van der Waals surface area contributed by atoms with Crippen LogP contribution >= 0.6 is 0 Å². The molecule has 1 unspecified atom stereocenters. The molecule has 19 heavy (non-hydrogen) atoms. The van der Waals surface area contributed by atoms with Crippen LogP contribution in [-0.4, -0.2) is 48.7 Å². The van der Waals surface area contributed by atoms with Gasteiger partial charge in [0.25, 0.3) is 0 Å². The summed E-state index contributed by atoms with van der Waals surface area (Å²) in [5.74, 6) is 0.0321. The highest BCUT2D eigenvalue weighted by molar-refractivity contribution is 5.86. The number of benzene rings is 1. The van der Waals surface area contributed by atoms with Gasteiger partial charge in [-0.3, -0.25) is 4.79 Å². The summed E-state index contributed by atoms with van der Waals surface area (Å²) in [4.78, 5) is 15.8. The molecule has 1 heterocycles. The molecule has 1 atom stereocenters. The van der Waals surface area contributed by atoms with E-state index in [1.165, 1.54) is 0 Å². The van der Waals surface area contributed by atoms with Gasteiger partial charge in [0.2, 0.25) is 5.91 Å². The van der Waals surface area contributed by atoms with Crippen molar-refractivity contribution < 1.29 is 9.90 Å². The molecule has 0 spiro atoms. The molecule has 0 saturated carbocycles. The highest BCUT2D eigenvalue weighted by atomic mass is 16.3. The maximum Gasteiger partial charge on any atom is 0.245 e. The SMILES string of the molecule is CN1CCN(c2ccc(C#N)cc2)C(CCO)C1=O. The van der Waals surface area contributed by atoms with Crippen LogP contribution in [0.25, 0.3) is 0 Å². The summed E-state index contributed by atoms with van der Waals surface area (Å²) >= 11 is 0. The topological polar surface area (TPSA) is 67.6 Å². The second-order valence-electron chi connectivity index (χ2n) is 4.64. The molecular formula is C14H17N3O2. The smallest absolute Gasteiger partial charge is 0.245 e. The van der Waals surface area contributed by atoms with Gasteiger partial charge < -0.3 is 14.9 Å². The maximum atomic E-state index is 12.1. The van der Waals surface area contributed by atoms with Crippen molar-refractivity contribution in [1.29, 1.82) is 5.26 Å². The van der Waals surface area contributed by atoms with Crippen molar-refractivity contribution in [2.24, 2.45) is 0 Å². The minimum atomic E-state index is -0.323. The summed E-state index contributed by atoms with van der Waals surface area (Å²) in [7, 11) is 1.78. The third kappa shape index (κ3) is 2.69. The lowest BCUT2D eigenvalue weighted by atomic mass is 10.1. The number of carbonyl (C=O) groups excluding carboxylic acids is 1. The first kappa shape index (κ1) is 13.4. The van der Waals surface area contributed by atoms with E-state index in [2.05, 4.69) is 6.07 Å². The van der Waals surface area contributed by atoms with Crippen LogP contribution in [0.3, 0.4) is 0 Å². The van der Waals surface area contributed by atoms with Gasteiger partial charge in [-0.2, -0.15) is 5.26 Å². The van der Waals surface area contributed by atoms with Crippen molar-refractivity contribution in [1.82, 2.24) is 4.90 Å². The van der Waals surface area contributed by atoms with Crippen LogP contribution in [-0.2, 0) is 4.79 Å². The number of carbonyl (C=O) groups is 1. The Morgan fingerprint density at radius 3 is 2.63 bits per heavy atom. The third-order valence-electron chi connectivity index (χ3n) is 3.44. The van der Waals surface area contributed by atoms with E-state index >= 15 is 0 Å². The van der Waals surface area contributed by atoms with Gasteiger partial charge in [0, 0.05) is 32.4 Å². The predicted molar refractivity (Wildman–Crippen MR) is 71.6 cm³/mol. The molecular weight excluding hydrogens is 242 g/mol. The number of nitrogens with zero attached hydrogens (tertiary/aromatic N) is 3. The lowest BCUT2D eigenvalue weighted by Gasteiger charge is -2.40. The molecule has 1 aromatic carbocycles. The molecule has 1 aliphatic heterocycles. The Morgan fingerprint density at radius 1 is 1.37 bits per heavy atom. The molecule has 1 aliphatic rings. The second kappa shape index (κ2) is 5.72. The first-order chi connectivity index (χ1) is 9.17. The number of aliphatic hydroxyl groups excluding tert-OH is 1. The molecule has 100 valence electrons. The van der Waals surface area contributed by atoms with Crippen molar-refractivity contribution in [2.75, 3.05) is 31.6 Å². The molecule has 1 fully saturated rings. The molecule has 0 radical (unpaired) electrons. The second-order valence-corrected chi connectivity index (χ2v) is 4.64. The van der Waals surface area contributed by atoms with Crippen LogP contribution in [0.4, 0.5) is 5.69 Å². The van der Waals surface area contributed by atoms with E-state index in [1.54, 1.807) is 24.1 Å². The highest BCUT2D eigenvalue weighted by Gasteiger charge is 2.32. The quantitative estimate of drug-likeness (QED) is 0.862. The zero-order valence-corrected chi connectivity index (χ0v) is 10.9. The third-order valence-corrected chi connectivity index (χ3v) is 3.44. The number of piperazine rings is 1. The Morgan fingerprint density at radius 2 is 2.05 bits per heavy atom. The van der Waals surface area contributed by atoms with Crippen molar-refractivity contribution in [3.63, 3.8) is 0 Å². The Balaban J connectivity index is 2.25. The van der Waals surface area contributed by atoms with Crippen LogP contribution in [0.1, 0.15) is 12.0 Å². The van der Waals surface area contributed by atoms with Crippen molar-refractivity contribution in [3.8, 4) is 6.07 Å². The van der Waals surface area contributed by atoms with E-state index in [0.717, 1.165) is 12.2 Å². The van der Waals surface area contributed by atoms with E-state index in [9.17, 15) is 4.79 Å². The zero-order chi connectivity index (χ0) is 13.8. The summed E-state index contributed by atoms with van der Waals surface area (Å²) < 4.78 is 0. The van der Waals surface area contributed by atoms with Gasteiger partial charge in [-0.05, 0) is 30.7 Å². The number of hydrogen-bond donors (Lipinski definition) is 1. The summed E-state index contributed by atoms with van der Waals surface area (Å²) in [6.07, 6.45) is 0.420. The van der Waals surface area contributed by atoms with Crippen molar-refractivity contribution in [3.05, 3.63) is 29.8 Å². The molecule has 1 N–H and O–H groups in total. The molecule has 1 amide bonds. The van der Waals surface area contributed by atoms with Crippen LogP contribution < -0.4 is 4.90 Å². The summed E-state index contributed by atoms with van der Waals surface area (Å²) in [5.41, 5.74) is 1.52. The summed E-state index contributed by atoms with van der Waals surface area (Å²) in [6, 6.07) is 8.94. The first-order valence-electron chi connectivity index (χ1n) is 6.30. The number of nitriles is 1. The van der Waals surface area contributed by atoms with Gasteiger partial charge in [-0.15, -0.1) is 0 Å². The number of likely N-dealkylation sites (N-methyl/N-ethyl adjacent to an activating group) is 1. The van der Waals surface area contributed by atoms with Gasteiger partial charge in [0.05, 0.1) is 11.6 Å². The standard InChI is InChI=1S/C14H17N3O2/c1-16-7-8-17(13(6-9-18)14(16)19)12-4-2-11(10-15)3-5-12/h2-5,13,18H,6-9H2,1H3. The van der Waals surface area contributed by atoms with Crippen LogP contribution in [0.2, 0.25) is 0 Å². The Bertz CT molecular complexity index is 492. The summed E-state index contributed by atoms with van der Waals surface area (Å²) in [6.45, 7) is 1.39. The van der Waals surface area contributed by atoms with Gasteiger partial charge in [-0.25, -0.2) is 0 Å². The van der Waals surface area contributed by atoms with E-state index in [-0.39, 0.29) is 18.6 Å². The molecule has 0 aliphatic carbocycles. The first-order valence-corrected chi connectivity index (χ1v) is 6.30. The van der Waals surface area contributed by atoms with Gasteiger partial charge in [0.15, 0.2) is 0 Å². The van der Waals surface area contributed by atoms with Gasteiger partial charge in [0.1, 0.15) is 6.04 Å². The Labute approximate surface area is 112 Å². The average molecular weight is 259 g/mol. The number of amides is 1. The number of anilines is 1. The Kier molecular flexibility index (Phi) is 4.03. The number of hydrogen-bond acceptors (Lipinski definition) is 4. The predicted octanol–water partition coefficient (Wildman–Crippen LogP) is 0.588. The van der Waals surface area contributed by atoms with Crippen LogP contribution in [0.5, 0.6) is 0 Å². The van der Waals surface area contributed by atoms with Crippen molar-refractivity contribution in [2.45, 2.75) is 12.5 Å². The zero-order valence-electron chi connectivity index (χ0n) is 10.9. The number of aliphatic hydroxyl groups is 1. The minimum absolute atomic E-state index is 0.0168. The molecule has 2 rings (SSSR count). The van der Waals surface area contributed by atoms with Crippen LogP contribution in [0, 0.1) is 11.3 Å². The Hall–Kier alpha value is -2.06. The molecule has 0 aromatic heterocycles. The fraction of sp³-hybridized carbons (Fsp3) is 0.429. The molecule has 5 nitrogen and oxygen atoms in total. The normalized spacial score (nSPS) is 19.4. The van der Waals surface area contributed by atoms with Gasteiger partial charge >= 0.3 is 0 Å². The highest BCUT2D eigenvalue weighted by Crippen LogP contribution is 2.23. The van der Waals surface area contributed by atoms with Crippen LogP contribution in [0.15, 0.2) is 24.3 Å². The summed E-state index contributed by atoms with van der Waals surface area (Å²) in [5, 5.41) is 17.9. The molecule has 0 bridgehead atoms. The van der Waals surface area contributed by atoms with Crippen molar-refractivity contribution >= 4 is 11.6 Å². The maximum absolute atomic E-state index is 12.1. The monoisotopic (exact) mass is 259 g/mol. The molecule has 1 saturated heterocycles. The van der Waals surface area contributed by atoms with E-state index in [1.807, 2.05) is 17.0 Å². The molecule has 1 aromatic rings. The fourth-order valence-electron chi connectivity index (χ4n) is 2.35. The van der Waals surface area contributed by atoms with E-state index < -0.39 is 0 Å². The molecule has 5 heteroatoms. The van der Waals surface area contributed by atoms with E-state index in [0.29, 0.717) is 18.5 Å². The minimum Gasteiger partial charge on any atom is -0.396 e. The fourth-order valence-corrected chi connectivity index (χ4v) is 2.35. The lowest BCUT2D eigenvalue weighted by Crippen LogP contribution is -2.56.